The van der Waals surface area contributed by atoms with Crippen molar-refractivity contribution in [1.29, 1.82) is 0 Å². The molecule has 5 nitrogen and oxygen atoms in total. The van der Waals surface area contributed by atoms with Crippen molar-refractivity contribution in [3.8, 4) is 0 Å². The Morgan fingerprint density at radius 3 is 2.79 bits per heavy atom. The van der Waals surface area contributed by atoms with Crippen LogP contribution in [0.1, 0.15) is 23.2 Å². The van der Waals surface area contributed by atoms with E-state index in [1.165, 1.54) is 4.90 Å². The first-order chi connectivity index (χ1) is 9.15. The van der Waals surface area contributed by atoms with Gasteiger partial charge in [0.25, 0.3) is 5.91 Å². The second kappa shape index (κ2) is 4.42. The molecule has 1 N–H and O–H groups in total. The highest BCUT2D eigenvalue weighted by Gasteiger charge is 2.34. The topological polar surface area (TPSA) is 62.0 Å². The summed E-state index contributed by atoms with van der Waals surface area (Å²) in [6, 6.07) is 7.58. The van der Waals surface area contributed by atoms with E-state index in [-0.39, 0.29) is 18.5 Å². The predicted molar refractivity (Wildman–Crippen MR) is 69.1 cm³/mol. The lowest BCUT2D eigenvalue weighted by Gasteiger charge is -2.19. The number of rotatable bonds is 4. The minimum Gasteiger partial charge on any atom is -0.480 e. The molecule has 1 aliphatic rings. The molecule has 2 heterocycles. The molecule has 98 valence electrons. The molecular weight excluding hydrogens is 244 g/mol. The number of carbonyl (C=O) groups is 2. The maximum Gasteiger partial charge on any atom is 0.323 e. The number of fused-ring (bicyclic) bond motifs is 1. The van der Waals surface area contributed by atoms with Crippen LogP contribution in [0, 0.1) is 0 Å². The van der Waals surface area contributed by atoms with Crippen LogP contribution in [0.2, 0.25) is 0 Å². The maximum atomic E-state index is 12.4. The molecule has 5 heteroatoms. The zero-order chi connectivity index (χ0) is 13.4. The van der Waals surface area contributed by atoms with Crippen molar-refractivity contribution in [2.45, 2.75) is 18.9 Å². The third-order valence-corrected chi connectivity index (χ3v) is 3.31. The minimum absolute atomic E-state index is 0.0895. The molecule has 3 rings (SSSR count). The van der Waals surface area contributed by atoms with Crippen LogP contribution in [0.25, 0.3) is 5.52 Å². The van der Waals surface area contributed by atoms with Crippen LogP contribution in [0.3, 0.4) is 0 Å². The molecule has 1 amide bonds. The van der Waals surface area contributed by atoms with Crippen LogP contribution < -0.4 is 0 Å². The van der Waals surface area contributed by atoms with Gasteiger partial charge in [0, 0.05) is 24.0 Å². The summed E-state index contributed by atoms with van der Waals surface area (Å²) in [5.74, 6) is -1.17. The van der Waals surface area contributed by atoms with Gasteiger partial charge in [0.1, 0.15) is 6.54 Å². The molecule has 2 aromatic rings. The van der Waals surface area contributed by atoms with Crippen LogP contribution in [0.5, 0.6) is 0 Å². The molecule has 0 atom stereocenters. The molecule has 1 saturated carbocycles. The highest BCUT2D eigenvalue weighted by Crippen LogP contribution is 2.28. The number of aromatic nitrogens is 1. The Morgan fingerprint density at radius 1 is 1.37 bits per heavy atom. The van der Waals surface area contributed by atoms with Crippen LogP contribution in [-0.2, 0) is 4.79 Å². The monoisotopic (exact) mass is 258 g/mol. The Balaban J connectivity index is 1.90. The van der Waals surface area contributed by atoms with Crippen LogP contribution >= 0.6 is 0 Å². The molecule has 1 aliphatic carbocycles. The van der Waals surface area contributed by atoms with Gasteiger partial charge in [0.2, 0.25) is 0 Å². The molecule has 0 radical (unpaired) electrons. The number of hydrogen-bond donors (Lipinski definition) is 1. The van der Waals surface area contributed by atoms with E-state index in [9.17, 15) is 9.59 Å². The highest BCUT2D eigenvalue weighted by atomic mass is 16.4. The van der Waals surface area contributed by atoms with Gasteiger partial charge in [-0.05, 0) is 31.0 Å². The fraction of sp³-hybridized carbons (Fsp3) is 0.286. The smallest absolute Gasteiger partial charge is 0.323 e. The highest BCUT2D eigenvalue weighted by molar-refractivity contribution is 5.97. The normalized spacial score (nSPS) is 14.5. The second-order valence-corrected chi connectivity index (χ2v) is 4.82. The van der Waals surface area contributed by atoms with Gasteiger partial charge in [-0.1, -0.05) is 6.07 Å². The number of pyridine rings is 1. The molecule has 1 fully saturated rings. The van der Waals surface area contributed by atoms with Gasteiger partial charge >= 0.3 is 5.97 Å². The zero-order valence-electron chi connectivity index (χ0n) is 10.3. The molecule has 0 aromatic carbocycles. The number of aliphatic carboxylic acids is 1. The molecule has 2 aromatic heterocycles. The standard InChI is InChI=1S/C14H14N2O3/c17-13(18)9-16(11-4-5-11)14(19)10-7-12-3-1-2-6-15(12)8-10/h1-3,6-8,11H,4-5,9H2,(H,17,18). The van der Waals surface area contributed by atoms with Crippen LogP contribution in [0.15, 0.2) is 36.7 Å². The molecule has 19 heavy (non-hydrogen) atoms. The predicted octanol–water partition coefficient (Wildman–Crippen LogP) is 1.63. The summed E-state index contributed by atoms with van der Waals surface area (Å²) >= 11 is 0. The van der Waals surface area contributed by atoms with Crippen molar-refractivity contribution in [2.24, 2.45) is 0 Å². The lowest BCUT2D eigenvalue weighted by molar-refractivity contribution is -0.137. The van der Waals surface area contributed by atoms with E-state index < -0.39 is 5.97 Å². The first kappa shape index (κ1) is 11.8. The Hall–Kier alpha value is -2.30. The molecule has 0 unspecified atom stereocenters. The van der Waals surface area contributed by atoms with Gasteiger partial charge in [-0.2, -0.15) is 0 Å². The average molecular weight is 258 g/mol. The molecule has 0 aliphatic heterocycles. The number of amides is 1. The molecule has 0 spiro atoms. The van der Waals surface area contributed by atoms with Gasteiger partial charge in [-0.3, -0.25) is 9.59 Å². The Bertz CT molecular complexity index is 610. The molecule has 0 bridgehead atoms. The van der Waals surface area contributed by atoms with E-state index in [1.807, 2.05) is 28.8 Å². The van der Waals surface area contributed by atoms with Crippen LogP contribution in [-0.4, -0.2) is 38.9 Å². The van der Waals surface area contributed by atoms with Crippen molar-refractivity contribution in [1.82, 2.24) is 9.30 Å². The quantitative estimate of drug-likeness (QED) is 0.906. The third kappa shape index (κ3) is 2.31. The van der Waals surface area contributed by atoms with Crippen LogP contribution in [0.4, 0.5) is 0 Å². The summed E-state index contributed by atoms with van der Waals surface area (Å²) < 4.78 is 1.86. The molecule has 0 saturated heterocycles. The summed E-state index contributed by atoms with van der Waals surface area (Å²) in [4.78, 5) is 24.7. The Labute approximate surface area is 110 Å². The number of carboxylic acids is 1. The summed E-state index contributed by atoms with van der Waals surface area (Å²) in [6.45, 7) is -0.226. The lowest BCUT2D eigenvalue weighted by Crippen LogP contribution is -2.37. The van der Waals surface area contributed by atoms with Gasteiger partial charge in [-0.15, -0.1) is 0 Å². The third-order valence-electron chi connectivity index (χ3n) is 3.31. The number of nitrogens with zero attached hydrogens (tertiary/aromatic N) is 2. The van der Waals surface area contributed by atoms with E-state index in [0.717, 1.165) is 18.4 Å². The van der Waals surface area contributed by atoms with Gasteiger partial charge in [0.15, 0.2) is 0 Å². The van der Waals surface area contributed by atoms with Gasteiger partial charge < -0.3 is 14.4 Å². The van der Waals surface area contributed by atoms with Crippen molar-refractivity contribution in [3.05, 3.63) is 42.2 Å². The van der Waals surface area contributed by atoms with E-state index in [1.54, 1.807) is 12.3 Å². The van der Waals surface area contributed by atoms with Crippen molar-refractivity contribution in [2.75, 3.05) is 6.54 Å². The largest absolute Gasteiger partial charge is 0.480 e. The summed E-state index contributed by atoms with van der Waals surface area (Å²) in [5, 5.41) is 8.90. The number of hydrogen-bond acceptors (Lipinski definition) is 2. The maximum absolute atomic E-state index is 12.4. The van der Waals surface area contributed by atoms with E-state index >= 15 is 0 Å². The SMILES string of the molecule is O=C(O)CN(C(=O)c1cc2ccccn2c1)C1CC1. The van der Waals surface area contributed by atoms with Crippen molar-refractivity contribution >= 4 is 17.4 Å². The first-order valence-electron chi connectivity index (χ1n) is 6.24. The second-order valence-electron chi connectivity index (χ2n) is 4.82. The summed E-state index contributed by atoms with van der Waals surface area (Å²) in [5.41, 5.74) is 1.47. The number of carbonyl (C=O) groups excluding carboxylic acids is 1. The lowest BCUT2D eigenvalue weighted by atomic mass is 10.2. The Kier molecular flexibility index (Phi) is 2.74. The van der Waals surface area contributed by atoms with Gasteiger partial charge in [0.05, 0.1) is 5.56 Å². The zero-order valence-corrected chi connectivity index (χ0v) is 10.3. The Morgan fingerprint density at radius 2 is 2.16 bits per heavy atom. The first-order valence-corrected chi connectivity index (χ1v) is 6.24. The average Bonchev–Trinajstić information content (AvgIpc) is 3.13. The fourth-order valence-corrected chi connectivity index (χ4v) is 2.24. The van der Waals surface area contributed by atoms with E-state index in [4.69, 9.17) is 5.11 Å². The van der Waals surface area contributed by atoms with E-state index in [0.29, 0.717) is 5.56 Å². The van der Waals surface area contributed by atoms with Crippen molar-refractivity contribution < 1.29 is 14.7 Å². The van der Waals surface area contributed by atoms with Gasteiger partial charge in [-0.25, -0.2) is 0 Å². The minimum atomic E-state index is -0.969. The fourth-order valence-electron chi connectivity index (χ4n) is 2.24. The molecular formula is C14H14N2O3. The van der Waals surface area contributed by atoms with E-state index in [2.05, 4.69) is 0 Å². The van der Waals surface area contributed by atoms with Crippen molar-refractivity contribution in [3.63, 3.8) is 0 Å². The number of carboxylic acid groups (broad SMARTS) is 1. The summed E-state index contributed by atoms with van der Waals surface area (Å²) in [7, 11) is 0. The summed E-state index contributed by atoms with van der Waals surface area (Å²) in [6.07, 6.45) is 5.40.